The summed E-state index contributed by atoms with van der Waals surface area (Å²) in [6, 6.07) is 2.80. The van der Waals surface area contributed by atoms with Gasteiger partial charge in [-0.2, -0.15) is 5.10 Å². The van der Waals surface area contributed by atoms with E-state index in [1.807, 2.05) is 30.4 Å². The van der Waals surface area contributed by atoms with Crippen molar-refractivity contribution in [1.82, 2.24) is 15.1 Å². The fraction of sp³-hybridized carbons (Fsp3) is 0.769. The number of hydrogen-bond donors (Lipinski definition) is 1. The van der Waals surface area contributed by atoms with Crippen molar-refractivity contribution in [2.24, 2.45) is 7.05 Å². The van der Waals surface area contributed by atoms with E-state index in [0.717, 1.165) is 12.2 Å². The minimum absolute atomic E-state index is 0.642. The highest BCUT2D eigenvalue weighted by molar-refractivity contribution is 7.99. The van der Waals surface area contributed by atoms with Crippen molar-refractivity contribution in [1.29, 1.82) is 0 Å². The van der Waals surface area contributed by atoms with Crippen molar-refractivity contribution in [2.75, 3.05) is 12.3 Å². The minimum atomic E-state index is 0.642. The van der Waals surface area contributed by atoms with Crippen LogP contribution in [0.4, 0.5) is 0 Å². The maximum atomic E-state index is 4.35. The third-order valence-electron chi connectivity index (χ3n) is 2.73. The lowest BCUT2D eigenvalue weighted by Crippen LogP contribution is -2.26. The van der Waals surface area contributed by atoms with Gasteiger partial charge in [-0.15, -0.1) is 11.8 Å². The predicted molar refractivity (Wildman–Crippen MR) is 75.7 cm³/mol. The summed E-state index contributed by atoms with van der Waals surface area (Å²) < 4.78 is 1.97. The monoisotopic (exact) mass is 255 g/mol. The quantitative estimate of drug-likeness (QED) is 0.572. The van der Waals surface area contributed by atoms with Gasteiger partial charge in [-0.05, 0) is 51.5 Å². The first-order valence-corrected chi connectivity index (χ1v) is 7.49. The van der Waals surface area contributed by atoms with Crippen LogP contribution in [0.3, 0.4) is 0 Å². The van der Waals surface area contributed by atoms with Gasteiger partial charge in [0.2, 0.25) is 0 Å². The van der Waals surface area contributed by atoms with Crippen LogP contribution in [0.5, 0.6) is 0 Å². The maximum absolute atomic E-state index is 4.35. The van der Waals surface area contributed by atoms with E-state index in [0.29, 0.717) is 6.04 Å². The lowest BCUT2D eigenvalue weighted by Gasteiger charge is -2.12. The lowest BCUT2D eigenvalue weighted by molar-refractivity contribution is 0.510. The molecule has 0 fully saturated rings. The SMILES string of the molecule is CCCNC(C)CCCSc1cc(C)nn1C. The van der Waals surface area contributed by atoms with Crippen LogP contribution in [0.1, 0.15) is 38.8 Å². The molecule has 3 nitrogen and oxygen atoms in total. The first-order valence-electron chi connectivity index (χ1n) is 6.50. The largest absolute Gasteiger partial charge is 0.314 e. The van der Waals surface area contributed by atoms with Crippen LogP contribution in [0.2, 0.25) is 0 Å². The maximum Gasteiger partial charge on any atom is 0.0939 e. The topological polar surface area (TPSA) is 29.9 Å². The average molecular weight is 255 g/mol. The van der Waals surface area contributed by atoms with E-state index >= 15 is 0 Å². The first kappa shape index (κ1) is 14.6. The van der Waals surface area contributed by atoms with Crippen LogP contribution in [0.25, 0.3) is 0 Å². The summed E-state index contributed by atoms with van der Waals surface area (Å²) in [5, 5.41) is 9.14. The molecule has 0 saturated heterocycles. The fourth-order valence-corrected chi connectivity index (χ4v) is 2.78. The molecule has 0 radical (unpaired) electrons. The molecular formula is C13H25N3S. The molecule has 0 amide bonds. The van der Waals surface area contributed by atoms with E-state index in [-0.39, 0.29) is 0 Å². The van der Waals surface area contributed by atoms with Crippen LogP contribution in [0.15, 0.2) is 11.1 Å². The zero-order valence-electron chi connectivity index (χ0n) is 11.5. The third kappa shape index (κ3) is 5.59. The molecule has 1 aromatic heterocycles. The van der Waals surface area contributed by atoms with Gasteiger partial charge in [-0.3, -0.25) is 4.68 Å². The highest BCUT2D eigenvalue weighted by Crippen LogP contribution is 2.19. The Hall–Kier alpha value is -0.480. The van der Waals surface area contributed by atoms with Crippen LogP contribution >= 0.6 is 11.8 Å². The summed E-state index contributed by atoms with van der Waals surface area (Å²) in [5.74, 6) is 1.18. The van der Waals surface area contributed by atoms with Crippen molar-refractivity contribution in [2.45, 2.75) is 51.1 Å². The first-order chi connectivity index (χ1) is 8.13. The number of aromatic nitrogens is 2. The molecule has 0 bridgehead atoms. The van der Waals surface area contributed by atoms with Gasteiger partial charge < -0.3 is 5.32 Å². The minimum Gasteiger partial charge on any atom is -0.314 e. The molecule has 0 saturated carbocycles. The van der Waals surface area contributed by atoms with E-state index < -0.39 is 0 Å². The highest BCUT2D eigenvalue weighted by atomic mass is 32.2. The van der Waals surface area contributed by atoms with Crippen molar-refractivity contribution < 1.29 is 0 Å². The van der Waals surface area contributed by atoms with Gasteiger partial charge in [0.15, 0.2) is 0 Å². The van der Waals surface area contributed by atoms with E-state index in [4.69, 9.17) is 0 Å². The highest BCUT2D eigenvalue weighted by Gasteiger charge is 2.04. The number of nitrogens with zero attached hydrogens (tertiary/aromatic N) is 2. The second kappa shape index (κ2) is 7.77. The molecule has 0 spiro atoms. The van der Waals surface area contributed by atoms with Gasteiger partial charge >= 0.3 is 0 Å². The number of hydrogen-bond acceptors (Lipinski definition) is 3. The predicted octanol–water partition coefficient (Wildman–Crippen LogP) is 2.99. The van der Waals surface area contributed by atoms with E-state index in [2.05, 4.69) is 30.3 Å². The molecule has 1 rings (SSSR count). The summed E-state index contributed by atoms with van der Waals surface area (Å²) in [6.45, 7) is 7.66. The molecule has 1 aromatic rings. The molecule has 1 unspecified atom stereocenters. The Morgan fingerprint density at radius 2 is 2.29 bits per heavy atom. The van der Waals surface area contributed by atoms with Gasteiger partial charge in [0, 0.05) is 13.1 Å². The van der Waals surface area contributed by atoms with Crippen molar-refractivity contribution in [3.05, 3.63) is 11.8 Å². The van der Waals surface area contributed by atoms with Crippen molar-refractivity contribution in [3.63, 3.8) is 0 Å². The molecule has 0 aliphatic heterocycles. The molecule has 98 valence electrons. The summed E-state index contributed by atoms with van der Waals surface area (Å²) in [6.07, 6.45) is 3.73. The second-order valence-electron chi connectivity index (χ2n) is 4.59. The van der Waals surface area contributed by atoms with Gasteiger partial charge in [-0.1, -0.05) is 6.92 Å². The molecule has 1 heterocycles. The van der Waals surface area contributed by atoms with Crippen LogP contribution < -0.4 is 5.32 Å². The summed E-state index contributed by atoms with van der Waals surface area (Å²) in [5.41, 5.74) is 1.10. The zero-order valence-corrected chi connectivity index (χ0v) is 12.3. The van der Waals surface area contributed by atoms with Crippen LogP contribution in [-0.4, -0.2) is 28.1 Å². The Bertz CT molecular complexity index is 322. The molecular weight excluding hydrogens is 230 g/mol. The Morgan fingerprint density at radius 3 is 2.88 bits per heavy atom. The average Bonchev–Trinajstić information content (AvgIpc) is 2.60. The number of thioether (sulfide) groups is 1. The summed E-state index contributed by atoms with van der Waals surface area (Å²) in [7, 11) is 2.01. The zero-order chi connectivity index (χ0) is 12.7. The fourth-order valence-electron chi connectivity index (χ4n) is 1.78. The Morgan fingerprint density at radius 1 is 1.53 bits per heavy atom. The lowest BCUT2D eigenvalue weighted by atomic mass is 10.2. The van der Waals surface area contributed by atoms with E-state index in [1.165, 1.54) is 30.0 Å². The van der Waals surface area contributed by atoms with Gasteiger partial charge in [0.05, 0.1) is 10.7 Å². The Labute approximate surface area is 109 Å². The van der Waals surface area contributed by atoms with E-state index in [9.17, 15) is 0 Å². The number of rotatable bonds is 8. The standard InChI is InChI=1S/C13H25N3S/c1-5-8-14-11(2)7-6-9-17-13-10-12(3)15-16(13)4/h10-11,14H,5-9H2,1-4H3. The molecule has 0 aliphatic carbocycles. The van der Waals surface area contributed by atoms with Gasteiger partial charge in [-0.25, -0.2) is 0 Å². The van der Waals surface area contributed by atoms with Gasteiger partial charge in [0.1, 0.15) is 0 Å². The van der Waals surface area contributed by atoms with Crippen LogP contribution in [-0.2, 0) is 7.05 Å². The van der Waals surface area contributed by atoms with Gasteiger partial charge in [0.25, 0.3) is 0 Å². The number of nitrogens with one attached hydrogen (secondary N) is 1. The van der Waals surface area contributed by atoms with Crippen molar-refractivity contribution >= 4 is 11.8 Å². The third-order valence-corrected chi connectivity index (χ3v) is 3.90. The molecule has 4 heteroatoms. The van der Waals surface area contributed by atoms with E-state index in [1.54, 1.807) is 0 Å². The normalized spacial score (nSPS) is 12.9. The molecule has 17 heavy (non-hydrogen) atoms. The summed E-state index contributed by atoms with van der Waals surface area (Å²) >= 11 is 1.91. The Kier molecular flexibility index (Phi) is 6.66. The van der Waals surface area contributed by atoms with Crippen LogP contribution in [0, 0.1) is 6.92 Å². The number of aryl methyl sites for hydroxylation is 2. The smallest absolute Gasteiger partial charge is 0.0939 e. The molecule has 1 atom stereocenters. The molecule has 1 N–H and O–H groups in total. The molecule has 0 aliphatic rings. The second-order valence-corrected chi connectivity index (χ2v) is 5.71. The summed E-state index contributed by atoms with van der Waals surface area (Å²) in [4.78, 5) is 0. The Balaban J connectivity index is 2.14. The van der Waals surface area contributed by atoms with Crippen molar-refractivity contribution in [3.8, 4) is 0 Å². The molecule has 0 aromatic carbocycles.